The number of rotatable bonds is 23. The van der Waals surface area contributed by atoms with Crippen molar-refractivity contribution in [3.05, 3.63) is 162 Å². The number of benzene rings is 5. The van der Waals surface area contributed by atoms with Crippen molar-refractivity contribution in [1.29, 1.82) is 0 Å². The van der Waals surface area contributed by atoms with E-state index in [1.54, 1.807) is 39.3 Å². The van der Waals surface area contributed by atoms with Crippen LogP contribution in [0.2, 0.25) is 5.04 Å². The first kappa shape index (κ1) is 49.1. The fourth-order valence-corrected chi connectivity index (χ4v) is 15.2. The van der Waals surface area contributed by atoms with Crippen molar-refractivity contribution in [2.24, 2.45) is 5.92 Å². The summed E-state index contributed by atoms with van der Waals surface area (Å²) in [5.41, 5.74) is 1.71. The molecule has 0 bridgehead atoms. The molecule has 0 spiro atoms. The van der Waals surface area contributed by atoms with Crippen molar-refractivity contribution in [3.8, 4) is 11.5 Å². The third-order valence-corrected chi connectivity index (χ3v) is 19.0. The standard InChI is InChI=1S/C53H64O8SeSi/c1-9-58-52(55)50-46(36-42(57-8)37-48(50)59-38-56-7)49(62-43-28-16-11-17-29-43)35-22-24-39(2)47(60-51(54)41-26-14-10-15-27-41)34-23-25-40(3)61-63(53(4,5)6,44-30-18-12-19-31-44)45-32-20-13-21-33-45/h10-21,23,26-34,36-37,39-40,47,49H,9,22,24-25,35,38H2,1-8H3/b34-23-/t39-,40+,47?,49?/m0/s1. The fraction of sp³-hybridized carbons (Fsp3) is 0.358. The first-order valence-corrected chi connectivity index (χ1v) is 25.6. The van der Waals surface area contributed by atoms with Crippen LogP contribution < -0.4 is 24.3 Å². The predicted molar refractivity (Wildman–Crippen MR) is 257 cm³/mol. The fourth-order valence-electron chi connectivity index (χ4n) is 7.93. The van der Waals surface area contributed by atoms with Gasteiger partial charge in [-0.1, -0.05) is 81.4 Å². The minimum absolute atomic E-state index is 0.0258. The Morgan fingerprint density at radius 2 is 1.35 bits per heavy atom. The van der Waals surface area contributed by atoms with Crippen LogP contribution in [0.15, 0.2) is 146 Å². The molecule has 0 aliphatic rings. The molecule has 0 N–H and O–H groups in total. The van der Waals surface area contributed by atoms with Crippen molar-refractivity contribution < 1.29 is 37.7 Å². The summed E-state index contributed by atoms with van der Waals surface area (Å²) < 4.78 is 37.4. The normalized spacial score (nSPS) is 13.8. The zero-order valence-electron chi connectivity index (χ0n) is 38.1. The third kappa shape index (κ3) is 13.3. The van der Waals surface area contributed by atoms with Gasteiger partial charge in [0.1, 0.15) is 0 Å². The first-order valence-electron chi connectivity index (χ1n) is 21.9. The molecule has 334 valence electrons. The Balaban J connectivity index is 1.41. The average Bonchev–Trinajstić information content (AvgIpc) is 3.29. The maximum absolute atomic E-state index is 13.7. The molecule has 2 unspecified atom stereocenters. The molecule has 5 aromatic carbocycles. The van der Waals surface area contributed by atoms with E-state index in [0.29, 0.717) is 29.0 Å². The number of hydrogen-bond donors (Lipinski definition) is 0. The van der Waals surface area contributed by atoms with E-state index in [1.165, 1.54) is 14.8 Å². The molecular weight excluding hydrogens is 872 g/mol. The second-order valence-electron chi connectivity index (χ2n) is 16.7. The Morgan fingerprint density at radius 1 is 0.762 bits per heavy atom. The minimum atomic E-state index is -2.77. The van der Waals surface area contributed by atoms with Crippen molar-refractivity contribution in [3.63, 3.8) is 0 Å². The molecule has 0 aliphatic carbocycles. The van der Waals surface area contributed by atoms with Crippen LogP contribution in [0.5, 0.6) is 11.5 Å². The molecule has 0 fully saturated rings. The van der Waals surface area contributed by atoms with Crippen LogP contribution in [-0.4, -0.2) is 75.0 Å². The van der Waals surface area contributed by atoms with Gasteiger partial charge in [0.05, 0.1) is 0 Å². The zero-order chi connectivity index (χ0) is 45.2. The topological polar surface area (TPSA) is 89.5 Å². The molecular formula is C53H64O8SeSi. The third-order valence-electron chi connectivity index (χ3n) is 11.0. The molecule has 10 heteroatoms. The van der Waals surface area contributed by atoms with Gasteiger partial charge in [-0.3, -0.25) is 0 Å². The van der Waals surface area contributed by atoms with E-state index in [0.717, 1.165) is 24.8 Å². The van der Waals surface area contributed by atoms with Gasteiger partial charge in [-0.05, 0) is 15.4 Å². The molecule has 0 radical (unpaired) electrons. The van der Waals surface area contributed by atoms with E-state index in [9.17, 15) is 9.59 Å². The van der Waals surface area contributed by atoms with Crippen molar-refractivity contribution in [2.45, 2.75) is 89.3 Å². The Kier molecular flexibility index (Phi) is 18.8. The van der Waals surface area contributed by atoms with Crippen LogP contribution in [0.3, 0.4) is 0 Å². The van der Waals surface area contributed by atoms with Crippen LogP contribution >= 0.6 is 0 Å². The summed E-state index contributed by atoms with van der Waals surface area (Å²) >= 11 is -0.0725. The van der Waals surface area contributed by atoms with E-state index >= 15 is 0 Å². The van der Waals surface area contributed by atoms with Gasteiger partial charge in [0, 0.05) is 0 Å². The molecule has 0 saturated heterocycles. The van der Waals surface area contributed by atoms with E-state index in [-0.39, 0.29) is 56.2 Å². The van der Waals surface area contributed by atoms with Gasteiger partial charge in [0.15, 0.2) is 0 Å². The summed E-state index contributed by atoms with van der Waals surface area (Å²) in [6, 6.07) is 44.5. The van der Waals surface area contributed by atoms with Gasteiger partial charge in [-0.25, -0.2) is 0 Å². The van der Waals surface area contributed by atoms with E-state index in [4.69, 9.17) is 28.1 Å². The summed E-state index contributed by atoms with van der Waals surface area (Å²) in [7, 11) is 0.379. The van der Waals surface area contributed by atoms with Crippen LogP contribution in [0.1, 0.15) is 98.3 Å². The predicted octanol–water partition coefficient (Wildman–Crippen LogP) is 9.87. The molecule has 63 heavy (non-hydrogen) atoms. The van der Waals surface area contributed by atoms with Crippen LogP contribution in [-0.2, 0) is 18.6 Å². The van der Waals surface area contributed by atoms with Crippen LogP contribution in [0.25, 0.3) is 0 Å². The molecule has 8 nitrogen and oxygen atoms in total. The average molecular weight is 936 g/mol. The zero-order valence-corrected chi connectivity index (χ0v) is 40.8. The number of ether oxygens (including phenoxy) is 5. The molecule has 0 saturated carbocycles. The number of methoxy groups -OCH3 is 2. The summed E-state index contributed by atoms with van der Waals surface area (Å²) in [5.74, 6) is 0.102. The maximum atomic E-state index is 13.7. The van der Waals surface area contributed by atoms with Gasteiger partial charge in [-0.15, -0.1) is 0 Å². The summed E-state index contributed by atoms with van der Waals surface area (Å²) in [6.07, 6.45) is 6.51. The van der Waals surface area contributed by atoms with E-state index < -0.39 is 20.4 Å². The summed E-state index contributed by atoms with van der Waals surface area (Å²) in [4.78, 5) is 27.3. The van der Waals surface area contributed by atoms with Crippen molar-refractivity contribution in [1.82, 2.24) is 0 Å². The number of carbonyl (C=O) groups is 2. The Bertz CT molecular complexity index is 2140. The van der Waals surface area contributed by atoms with Gasteiger partial charge in [0.25, 0.3) is 0 Å². The molecule has 0 aromatic heterocycles. The molecule has 0 heterocycles. The Labute approximate surface area is 382 Å². The molecule has 0 aliphatic heterocycles. The second-order valence-corrected chi connectivity index (χ2v) is 23.6. The molecule has 5 aromatic rings. The SMILES string of the molecule is CCOC(=O)c1c(OCOC)cc(OC)cc1C(CCC[C@H](C)C(/C=C\C[C@@H](C)O[Si](c1ccccc1)(c1ccccc1)C(C)(C)C)OC(=O)c1ccccc1)[Se]c1ccccc1. The second kappa shape index (κ2) is 24.2. The van der Waals surface area contributed by atoms with Crippen LogP contribution in [0.4, 0.5) is 0 Å². The van der Waals surface area contributed by atoms with Crippen molar-refractivity contribution in [2.75, 3.05) is 27.6 Å². The Hall–Kier alpha value is -4.96. The first-order chi connectivity index (χ1) is 30.4. The number of carbonyl (C=O) groups excluding carboxylic acids is 2. The van der Waals surface area contributed by atoms with Gasteiger partial charge >= 0.3 is 288 Å². The van der Waals surface area contributed by atoms with E-state index in [2.05, 4.69) is 113 Å². The summed E-state index contributed by atoms with van der Waals surface area (Å²) in [6.45, 7) is 13.1. The molecule has 5 rings (SSSR count). The summed E-state index contributed by atoms with van der Waals surface area (Å²) in [5, 5.41) is 2.31. The van der Waals surface area contributed by atoms with Crippen LogP contribution in [0, 0.1) is 5.92 Å². The monoisotopic (exact) mass is 936 g/mol. The van der Waals surface area contributed by atoms with Crippen molar-refractivity contribution >= 4 is 50.0 Å². The quantitative estimate of drug-likeness (QED) is 0.0277. The van der Waals surface area contributed by atoms with Gasteiger partial charge < -0.3 is 0 Å². The van der Waals surface area contributed by atoms with Gasteiger partial charge in [0.2, 0.25) is 0 Å². The number of esters is 2. The van der Waals surface area contributed by atoms with Gasteiger partial charge in [-0.2, -0.15) is 0 Å². The molecule has 0 amide bonds. The van der Waals surface area contributed by atoms with E-state index in [1.807, 2.05) is 48.5 Å². The molecule has 4 atom stereocenters. The number of hydrogen-bond acceptors (Lipinski definition) is 8. The Morgan fingerprint density at radius 3 is 1.90 bits per heavy atom.